The number of aromatic nitrogens is 1. The third-order valence-electron chi connectivity index (χ3n) is 4.10. The predicted molar refractivity (Wildman–Crippen MR) is 81.2 cm³/mol. The van der Waals surface area contributed by atoms with Gasteiger partial charge in [0.25, 0.3) is 0 Å². The molecule has 2 aromatic rings. The van der Waals surface area contributed by atoms with E-state index in [9.17, 15) is 4.79 Å². The minimum atomic E-state index is 0.0657. The van der Waals surface area contributed by atoms with Crippen LogP contribution in [-0.4, -0.2) is 17.6 Å². The molecule has 1 aromatic heterocycles. The van der Waals surface area contributed by atoms with Gasteiger partial charge < -0.3 is 15.2 Å². The molecule has 0 spiro atoms. The number of nitrogens with zero attached hydrogens (tertiary/aromatic N) is 2. The number of benzene rings is 1. The number of hydrogen-bond donors (Lipinski definition) is 1. The van der Waals surface area contributed by atoms with Crippen molar-refractivity contribution in [2.45, 2.75) is 33.1 Å². The van der Waals surface area contributed by atoms with Gasteiger partial charge in [0.15, 0.2) is 0 Å². The molecule has 2 heterocycles. The van der Waals surface area contributed by atoms with Gasteiger partial charge in [0.1, 0.15) is 5.76 Å². The van der Waals surface area contributed by atoms with Gasteiger partial charge in [0, 0.05) is 23.5 Å². The lowest BCUT2D eigenvalue weighted by atomic mass is 9.99. The highest BCUT2D eigenvalue weighted by Crippen LogP contribution is 2.31. The van der Waals surface area contributed by atoms with Crippen LogP contribution in [0.2, 0.25) is 0 Å². The fraction of sp³-hybridized carbons (Fsp3) is 0.375. The van der Waals surface area contributed by atoms with E-state index in [1.54, 1.807) is 0 Å². The molecular formula is C16H19N3O2. The van der Waals surface area contributed by atoms with Crippen LogP contribution in [-0.2, 0) is 17.6 Å². The fourth-order valence-corrected chi connectivity index (χ4v) is 2.91. The maximum absolute atomic E-state index is 12.7. The average molecular weight is 285 g/mol. The Morgan fingerprint density at radius 3 is 2.95 bits per heavy atom. The second-order valence-electron chi connectivity index (χ2n) is 5.47. The molecule has 0 atom stereocenters. The summed E-state index contributed by atoms with van der Waals surface area (Å²) < 4.78 is 5.13. The summed E-state index contributed by atoms with van der Waals surface area (Å²) >= 11 is 0. The lowest BCUT2D eigenvalue weighted by molar-refractivity contribution is -0.118. The van der Waals surface area contributed by atoms with Gasteiger partial charge in [-0.25, -0.2) is 0 Å². The number of carbonyl (C=O) groups is 1. The zero-order chi connectivity index (χ0) is 15.0. The summed E-state index contributed by atoms with van der Waals surface area (Å²) in [6, 6.07) is 5.76. The molecule has 0 bridgehead atoms. The molecule has 0 saturated heterocycles. The molecule has 1 aromatic carbocycles. The van der Waals surface area contributed by atoms with Gasteiger partial charge >= 0.3 is 0 Å². The minimum absolute atomic E-state index is 0.0657. The van der Waals surface area contributed by atoms with Crippen molar-refractivity contribution < 1.29 is 9.32 Å². The maximum atomic E-state index is 12.7. The molecule has 0 fully saturated rings. The first-order valence-corrected chi connectivity index (χ1v) is 7.17. The van der Waals surface area contributed by atoms with Crippen LogP contribution in [0.4, 0.5) is 11.4 Å². The second-order valence-corrected chi connectivity index (χ2v) is 5.47. The van der Waals surface area contributed by atoms with E-state index >= 15 is 0 Å². The van der Waals surface area contributed by atoms with Crippen molar-refractivity contribution in [3.8, 4) is 0 Å². The van der Waals surface area contributed by atoms with E-state index in [0.717, 1.165) is 47.6 Å². The van der Waals surface area contributed by atoms with Crippen LogP contribution < -0.4 is 10.6 Å². The molecule has 5 heteroatoms. The molecule has 2 N–H and O–H groups in total. The smallest absolute Gasteiger partial charge is 0.231 e. The quantitative estimate of drug-likeness (QED) is 0.860. The maximum Gasteiger partial charge on any atom is 0.231 e. The summed E-state index contributed by atoms with van der Waals surface area (Å²) in [5.41, 5.74) is 10.5. The van der Waals surface area contributed by atoms with Crippen LogP contribution in [0.1, 0.15) is 29.0 Å². The van der Waals surface area contributed by atoms with Crippen LogP contribution in [0.5, 0.6) is 0 Å². The van der Waals surface area contributed by atoms with Gasteiger partial charge in [-0.05, 0) is 44.4 Å². The molecule has 3 rings (SSSR count). The van der Waals surface area contributed by atoms with Gasteiger partial charge in [0.2, 0.25) is 5.91 Å². The Morgan fingerprint density at radius 2 is 2.24 bits per heavy atom. The number of anilines is 2. The largest absolute Gasteiger partial charge is 0.398 e. The molecule has 0 unspecified atom stereocenters. The van der Waals surface area contributed by atoms with E-state index in [1.165, 1.54) is 0 Å². The number of carbonyl (C=O) groups excluding carboxylic acids is 1. The molecule has 1 aliphatic rings. The lowest BCUT2D eigenvalue weighted by Gasteiger charge is -2.30. The highest BCUT2D eigenvalue weighted by molar-refractivity contribution is 5.96. The van der Waals surface area contributed by atoms with Crippen molar-refractivity contribution in [3.63, 3.8) is 0 Å². The van der Waals surface area contributed by atoms with Crippen LogP contribution in [0, 0.1) is 13.8 Å². The molecule has 0 radical (unpaired) electrons. The lowest BCUT2D eigenvalue weighted by Crippen LogP contribution is -2.37. The zero-order valence-electron chi connectivity index (χ0n) is 12.3. The Labute approximate surface area is 123 Å². The topological polar surface area (TPSA) is 72.4 Å². The Hall–Kier alpha value is -2.30. The van der Waals surface area contributed by atoms with Gasteiger partial charge in [-0.2, -0.15) is 0 Å². The van der Waals surface area contributed by atoms with E-state index in [1.807, 2.05) is 36.9 Å². The van der Waals surface area contributed by atoms with Crippen LogP contribution in [0.3, 0.4) is 0 Å². The first kappa shape index (κ1) is 13.7. The summed E-state index contributed by atoms with van der Waals surface area (Å²) in [5.74, 6) is 0.779. The SMILES string of the molecule is Cc1noc(C)c1CC(=O)N1CCCc2c(N)cccc21. The fourth-order valence-electron chi connectivity index (χ4n) is 2.91. The van der Waals surface area contributed by atoms with Gasteiger partial charge in [-0.3, -0.25) is 4.79 Å². The molecule has 1 amide bonds. The average Bonchev–Trinajstić information content (AvgIpc) is 2.79. The van der Waals surface area contributed by atoms with Crippen molar-refractivity contribution in [2.75, 3.05) is 17.2 Å². The van der Waals surface area contributed by atoms with E-state index < -0.39 is 0 Å². The highest BCUT2D eigenvalue weighted by atomic mass is 16.5. The number of aryl methyl sites for hydroxylation is 2. The van der Waals surface area contributed by atoms with E-state index in [2.05, 4.69) is 5.16 Å². The number of rotatable bonds is 2. The first-order valence-electron chi connectivity index (χ1n) is 7.17. The molecule has 0 saturated carbocycles. The number of fused-ring (bicyclic) bond motifs is 1. The molecule has 110 valence electrons. The number of nitrogen functional groups attached to an aromatic ring is 1. The Balaban J connectivity index is 1.89. The number of amides is 1. The normalized spacial score (nSPS) is 14.1. The number of nitrogens with two attached hydrogens (primary N) is 1. The molecule has 1 aliphatic heterocycles. The van der Waals surface area contributed by atoms with Crippen molar-refractivity contribution >= 4 is 17.3 Å². The molecular weight excluding hydrogens is 266 g/mol. The van der Waals surface area contributed by atoms with Crippen molar-refractivity contribution in [2.24, 2.45) is 0 Å². The van der Waals surface area contributed by atoms with Crippen molar-refractivity contribution in [3.05, 3.63) is 40.8 Å². The van der Waals surface area contributed by atoms with Crippen molar-refractivity contribution in [1.82, 2.24) is 5.16 Å². The van der Waals surface area contributed by atoms with E-state index in [4.69, 9.17) is 10.3 Å². The summed E-state index contributed by atoms with van der Waals surface area (Å²) in [7, 11) is 0. The van der Waals surface area contributed by atoms with Crippen LogP contribution in [0.25, 0.3) is 0 Å². The van der Waals surface area contributed by atoms with Gasteiger partial charge in [-0.1, -0.05) is 11.2 Å². The Bertz CT molecular complexity index is 671. The predicted octanol–water partition coefficient (Wildman–Crippen LogP) is 2.40. The molecule has 21 heavy (non-hydrogen) atoms. The van der Waals surface area contributed by atoms with Gasteiger partial charge in [-0.15, -0.1) is 0 Å². The van der Waals surface area contributed by atoms with Crippen LogP contribution >= 0.6 is 0 Å². The van der Waals surface area contributed by atoms with E-state index in [-0.39, 0.29) is 5.91 Å². The van der Waals surface area contributed by atoms with E-state index in [0.29, 0.717) is 12.2 Å². The summed E-state index contributed by atoms with van der Waals surface area (Å²) in [6.45, 7) is 4.44. The first-order chi connectivity index (χ1) is 10.1. The standard InChI is InChI=1S/C16H19N3O2/c1-10-13(11(2)21-18-10)9-16(20)19-8-4-5-12-14(17)6-3-7-15(12)19/h3,6-7H,4-5,8-9,17H2,1-2H3. The highest BCUT2D eigenvalue weighted by Gasteiger charge is 2.25. The summed E-state index contributed by atoms with van der Waals surface area (Å²) in [5, 5.41) is 3.91. The van der Waals surface area contributed by atoms with Gasteiger partial charge in [0.05, 0.1) is 12.1 Å². The number of hydrogen-bond acceptors (Lipinski definition) is 4. The minimum Gasteiger partial charge on any atom is -0.398 e. The van der Waals surface area contributed by atoms with Crippen LogP contribution in [0.15, 0.2) is 22.7 Å². The Morgan fingerprint density at radius 1 is 1.43 bits per heavy atom. The Kier molecular flexibility index (Phi) is 3.41. The summed E-state index contributed by atoms with van der Waals surface area (Å²) in [6.07, 6.45) is 2.18. The zero-order valence-corrected chi connectivity index (χ0v) is 12.3. The second kappa shape index (κ2) is 5.24. The van der Waals surface area contributed by atoms with Crippen molar-refractivity contribution in [1.29, 1.82) is 0 Å². The molecule has 0 aliphatic carbocycles. The third kappa shape index (κ3) is 2.39. The monoisotopic (exact) mass is 285 g/mol. The summed E-state index contributed by atoms with van der Waals surface area (Å²) in [4.78, 5) is 14.5. The third-order valence-corrected chi connectivity index (χ3v) is 4.10. The molecule has 5 nitrogen and oxygen atoms in total.